The summed E-state index contributed by atoms with van der Waals surface area (Å²) in [5.74, 6) is -1.02. The Morgan fingerprint density at radius 2 is 0.698 bits per heavy atom. The first-order chi connectivity index (χ1) is 31.0. The molecule has 0 heterocycles. The monoisotopic (exact) mass is 871 g/mol. The average Bonchev–Trinajstić information content (AvgIpc) is 3.28. The van der Waals surface area contributed by atoms with Crippen LogP contribution in [0.1, 0.15) is 201 Å². The van der Waals surface area contributed by atoms with E-state index in [4.69, 9.17) is 14.2 Å². The van der Waals surface area contributed by atoms with Crippen molar-refractivity contribution in [3.05, 3.63) is 122 Å². The van der Waals surface area contributed by atoms with Crippen LogP contribution in [0.15, 0.2) is 122 Å². The van der Waals surface area contributed by atoms with Gasteiger partial charge >= 0.3 is 17.9 Å². The molecule has 0 aromatic carbocycles. The number of hydrogen-bond acceptors (Lipinski definition) is 6. The highest BCUT2D eigenvalue weighted by molar-refractivity contribution is 5.71. The van der Waals surface area contributed by atoms with Crippen LogP contribution in [0.25, 0.3) is 0 Å². The Morgan fingerprint density at radius 3 is 1.16 bits per heavy atom. The Hall–Kier alpha value is -4.19. The van der Waals surface area contributed by atoms with Crippen LogP contribution in [0.5, 0.6) is 0 Å². The first-order valence-corrected chi connectivity index (χ1v) is 25.1. The maximum absolute atomic E-state index is 12.8. The van der Waals surface area contributed by atoms with Crippen molar-refractivity contribution in [1.29, 1.82) is 0 Å². The van der Waals surface area contributed by atoms with Gasteiger partial charge in [0.2, 0.25) is 0 Å². The van der Waals surface area contributed by atoms with Crippen molar-refractivity contribution in [2.24, 2.45) is 0 Å². The van der Waals surface area contributed by atoms with Crippen LogP contribution in [0.2, 0.25) is 0 Å². The van der Waals surface area contributed by atoms with Crippen molar-refractivity contribution < 1.29 is 28.6 Å². The number of hydrogen-bond donors (Lipinski definition) is 0. The Morgan fingerprint density at radius 1 is 0.349 bits per heavy atom. The summed E-state index contributed by atoms with van der Waals surface area (Å²) in [6, 6.07) is 0. The Bertz CT molecular complexity index is 1370. The second-order valence-corrected chi connectivity index (χ2v) is 16.1. The predicted octanol–water partition coefficient (Wildman–Crippen LogP) is 16.5. The molecule has 0 spiro atoms. The number of ether oxygens (including phenoxy) is 3. The lowest BCUT2D eigenvalue weighted by atomic mass is 10.1. The maximum atomic E-state index is 12.8. The van der Waals surface area contributed by atoms with Gasteiger partial charge in [-0.25, -0.2) is 0 Å². The smallest absolute Gasteiger partial charge is 0.306 e. The standard InChI is InChI=1S/C57H90O6/c1-4-7-10-13-16-19-22-25-27-28-30-32-35-38-41-44-47-50-56(59)62-53-54(52-61-55(58)49-46-43-40-37-34-31-24-21-18-15-12-9-6-3)63-57(60)51-48-45-42-39-36-33-29-26-23-20-17-14-11-8-5-2/h8-9,11-12,14-21,23-25,27,31,34,37,40,54H,4-7,10,13,22,26,28-30,32-33,35-36,38-39,41-53H2,1-3H3/b11-8+,12-9+,17-14+,18-15+,19-16+,23-20+,24-21+,27-25+,34-31+,40-37+. The van der Waals surface area contributed by atoms with Gasteiger partial charge in [-0.3, -0.25) is 14.4 Å². The summed E-state index contributed by atoms with van der Waals surface area (Å²) in [6.07, 6.45) is 69.0. The molecule has 0 saturated carbocycles. The van der Waals surface area contributed by atoms with Gasteiger partial charge in [-0.2, -0.15) is 0 Å². The zero-order valence-corrected chi connectivity index (χ0v) is 40.3. The highest BCUT2D eigenvalue weighted by atomic mass is 16.6. The number of esters is 3. The highest BCUT2D eigenvalue weighted by Gasteiger charge is 2.19. The van der Waals surface area contributed by atoms with Gasteiger partial charge in [0.05, 0.1) is 0 Å². The molecule has 63 heavy (non-hydrogen) atoms. The summed E-state index contributed by atoms with van der Waals surface area (Å²) in [5.41, 5.74) is 0. The summed E-state index contributed by atoms with van der Waals surface area (Å²) < 4.78 is 16.7. The summed E-state index contributed by atoms with van der Waals surface area (Å²) in [4.78, 5) is 37.9. The molecule has 0 aliphatic rings. The molecule has 0 rings (SSSR count). The van der Waals surface area contributed by atoms with Crippen molar-refractivity contribution in [1.82, 2.24) is 0 Å². The van der Waals surface area contributed by atoms with Crippen LogP contribution in [-0.2, 0) is 28.6 Å². The minimum atomic E-state index is -0.819. The summed E-state index contributed by atoms with van der Waals surface area (Å²) in [7, 11) is 0. The van der Waals surface area contributed by atoms with Gasteiger partial charge in [0.1, 0.15) is 13.2 Å². The maximum Gasteiger partial charge on any atom is 0.306 e. The normalized spacial score (nSPS) is 13.1. The largest absolute Gasteiger partial charge is 0.462 e. The molecule has 0 aromatic heterocycles. The molecule has 0 N–H and O–H groups in total. The van der Waals surface area contributed by atoms with E-state index in [2.05, 4.69) is 87.6 Å². The molecule has 0 fully saturated rings. The molecule has 1 atom stereocenters. The van der Waals surface area contributed by atoms with Crippen molar-refractivity contribution in [2.45, 2.75) is 207 Å². The molecular weight excluding hydrogens is 781 g/mol. The Kier molecular flexibility index (Phi) is 47.1. The average molecular weight is 871 g/mol. The highest BCUT2D eigenvalue weighted by Crippen LogP contribution is 2.13. The van der Waals surface area contributed by atoms with Gasteiger partial charge in [0, 0.05) is 19.3 Å². The molecule has 354 valence electrons. The zero-order chi connectivity index (χ0) is 45.8. The van der Waals surface area contributed by atoms with E-state index in [0.29, 0.717) is 19.3 Å². The summed E-state index contributed by atoms with van der Waals surface area (Å²) in [6.45, 7) is 6.24. The van der Waals surface area contributed by atoms with Crippen molar-refractivity contribution >= 4 is 17.9 Å². The number of unbranched alkanes of at least 4 members (excludes halogenated alkanes) is 18. The third-order valence-electron chi connectivity index (χ3n) is 10.1. The first kappa shape index (κ1) is 58.8. The molecule has 6 heteroatoms. The van der Waals surface area contributed by atoms with E-state index in [9.17, 15) is 14.4 Å². The molecule has 0 aromatic rings. The number of rotatable bonds is 43. The van der Waals surface area contributed by atoms with Crippen LogP contribution in [-0.4, -0.2) is 37.2 Å². The van der Waals surface area contributed by atoms with Crippen molar-refractivity contribution in [3.63, 3.8) is 0 Å². The van der Waals surface area contributed by atoms with Gasteiger partial charge in [-0.05, 0) is 83.5 Å². The molecule has 0 aliphatic heterocycles. The minimum Gasteiger partial charge on any atom is -0.462 e. The zero-order valence-electron chi connectivity index (χ0n) is 40.3. The van der Waals surface area contributed by atoms with E-state index >= 15 is 0 Å². The molecule has 0 radical (unpaired) electrons. The van der Waals surface area contributed by atoms with E-state index < -0.39 is 6.10 Å². The van der Waals surface area contributed by atoms with Crippen LogP contribution in [0.4, 0.5) is 0 Å². The molecule has 0 bridgehead atoms. The van der Waals surface area contributed by atoms with E-state index in [1.54, 1.807) is 0 Å². The van der Waals surface area contributed by atoms with Gasteiger partial charge < -0.3 is 14.2 Å². The molecule has 0 aliphatic carbocycles. The second kappa shape index (κ2) is 50.5. The van der Waals surface area contributed by atoms with Gasteiger partial charge in [-0.1, -0.05) is 219 Å². The molecule has 6 nitrogen and oxygen atoms in total. The van der Waals surface area contributed by atoms with Crippen LogP contribution in [0, 0.1) is 0 Å². The van der Waals surface area contributed by atoms with E-state index in [-0.39, 0.29) is 37.5 Å². The van der Waals surface area contributed by atoms with E-state index in [1.807, 2.05) is 54.7 Å². The lowest BCUT2D eigenvalue weighted by molar-refractivity contribution is -0.167. The van der Waals surface area contributed by atoms with Crippen molar-refractivity contribution in [3.8, 4) is 0 Å². The summed E-state index contributed by atoms with van der Waals surface area (Å²) >= 11 is 0. The van der Waals surface area contributed by atoms with Crippen LogP contribution < -0.4 is 0 Å². The SMILES string of the molecule is CC/C=C/C=C/C=C/C=C/C=C/CCCC(=O)OCC(COC(=O)CCCCCCCCC/C=C/C/C=C/CCCCC)OC(=O)CCCCCCCCC/C=C/C=C/C=C/CC. The predicted molar refractivity (Wildman–Crippen MR) is 269 cm³/mol. The summed E-state index contributed by atoms with van der Waals surface area (Å²) in [5, 5.41) is 0. The fourth-order valence-electron chi connectivity index (χ4n) is 6.38. The third kappa shape index (κ3) is 48.7. The fourth-order valence-corrected chi connectivity index (χ4v) is 6.38. The van der Waals surface area contributed by atoms with Gasteiger partial charge in [-0.15, -0.1) is 0 Å². The Labute approximate surface area is 386 Å². The first-order valence-electron chi connectivity index (χ1n) is 25.1. The minimum absolute atomic E-state index is 0.113. The topological polar surface area (TPSA) is 78.9 Å². The molecule has 0 saturated heterocycles. The number of carbonyl (C=O) groups is 3. The van der Waals surface area contributed by atoms with Gasteiger partial charge in [0.15, 0.2) is 6.10 Å². The Balaban J connectivity index is 4.52. The van der Waals surface area contributed by atoms with Crippen molar-refractivity contribution in [2.75, 3.05) is 13.2 Å². The van der Waals surface area contributed by atoms with Crippen LogP contribution >= 0.6 is 0 Å². The lowest BCUT2D eigenvalue weighted by Gasteiger charge is -2.18. The quantitative estimate of drug-likeness (QED) is 0.0200. The molecule has 0 amide bonds. The number of allylic oxidation sites excluding steroid dienone is 20. The molecular formula is C57H90O6. The van der Waals surface area contributed by atoms with Gasteiger partial charge in [0.25, 0.3) is 0 Å². The third-order valence-corrected chi connectivity index (χ3v) is 10.1. The number of carbonyl (C=O) groups excluding carboxylic acids is 3. The van der Waals surface area contributed by atoms with E-state index in [0.717, 1.165) is 83.5 Å². The lowest BCUT2D eigenvalue weighted by Crippen LogP contribution is -2.30. The molecule has 1 unspecified atom stereocenters. The second-order valence-electron chi connectivity index (χ2n) is 16.1. The van der Waals surface area contributed by atoms with Crippen LogP contribution in [0.3, 0.4) is 0 Å². The van der Waals surface area contributed by atoms with E-state index in [1.165, 1.54) is 70.6 Å². The fraction of sp³-hybridized carbons (Fsp3) is 0.596.